The zero-order valence-corrected chi connectivity index (χ0v) is 13.6. The molecule has 0 spiro atoms. The van der Waals surface area contributed by atoms with E-state index < -0.39 is 0 Å². The maximum atomic E-state index is 11.4. The minimum Gasteiger partial charge on any atom is -0.459 e. The van der Waals surface area contributed by atoms with Gasteiger partial charge in [-0.05, 0) is 44.4 Å². The van der Waals surface area contributed by atoms with Crippen LogP contribution < -0.4 is 0 Å². The van der Waals surface area contributed by atoms with Gasteiger partial charge in [0.25, 0.3) is 0 Å². The lowest BCUT2D eigenvalue weighted by molar-refractivity contribution is -0.146. The van der Waals surface area contributed by atoms with Gasteiger partial charge in [-0.15, -0.1) is 0 Å². The summed E-state index contributed by atoms with van der Waals surface area (Å²) in [6.07, 6.45) is 14.8. The number of hydrogen-bond donors (Lipinski definition) is 0. The van der Waals surface area contributed by atoms with Crippen molar-refractivity contribution in [1.29, 1.82) is 0 Å². The van der Waals surface area contributed by atoms with E-state index in [9.17, 15) is 4.79 Å². The van der Waals surface area contributed by atoms with Crippen molar-refractivity contribution in [3.63, 3.8) is 0 Å². The molecule has 0 aromatic rings. The van der Waals surface area contributed by atoms with Gasteiger partial charge in [0.05, 0.1) is 0 Å². The Bertz CT molecular complexity index is 281. The molecule has 2 unspecified atom stereocenters. The van der Waals surface area contributed by atoms with E-state index in [1.54, 1.807) is 0 Å². The van der Waals surface area contributed by atoms with Gasteiger partial charge in [-0.1, -0.05) is 52.3 Å². The van der Waals surface area contributed by atoms with E-state index >= 15 is 0 Å². The summed E-state index contributed by atoms with van der Waals surface area (Å²) >= 11 is 0. The second kappa shape index (κ2) is 13.0. The molecule has 0 aliphatic heterocycles. The molecule has 0 amide bonds. The molecule has 0 fully saturated rings. The Kier molecular flexibility index (Phi) is 12.3. The van der Waals surface area contributed by atoms with E-state index in [2.05, 4.69) is 39.5 Å². The van der Waals surface area contributed by atoms with Gasteiger partial charge in [0.1, 0.15) is 6.10 Å². The lowest BCUT2D eigenvalue weighted by Gasteiger charge is -2.25. The fraction of sp³-hybridized carbons (Fsp3) is 0.722. The Morgan fingerprint density at radius 2 is 1.90 bits per heavy atom. The fourth-order valence-electron chi connectivity index (χ4n) is 2.55. The van der Waals surface area contributed by atoms with Gasteiger partial charge >= 0.3 is 5.97 Å². The van der Waals surface area contributed by atoms with Crippen LogP contribution in [0.1, 0.15) is 72.1 Å². The molecule has 2 heteroatoms. The van der Waals surface area contributed by atoms with Gasteiger partial charge in [0.15, 0.2) is 0 Å². The fourth-order valence-corrected chi connectivity index (χ4v) is 2.55. The molecule has 0 rings (SSSR count). The number of allylic oxidation sites excluding steroid dienone is 2. The zero-order valence-electron chi connectivity index (χ0n) is 13.6. The first-order valence-corrected chi connectivity index (χ1v) is 8.17. The molecule has 0 radical (unpaired) electrons. The van der Waals surface area contributed by atoms with Gasteiger partial charge in [-0.2, -0.15) is 0 Å². The van der Waals surface area contributed by atoms with Crippen LogP contribution in [0.2, 0.25) is 0 Å². The van der Waals surface area contributed by atoms with E-state index in [1.807, 2.05) is 0 Å². The number of carbonyl (C=O) groups is 1. The molecule has 0 aromatic carbocycles. The molecular weight excluding hydrogens is 248 g/mol. The van der Waals surface area contributed by atoms with E-state index in [4.69, 9.17) is 4.74 Å². The largest absolute Gasteiger partial charge is 0.459 e. The molecule has 0 heterocycles. The van der Waals surface area contributed by atoms with Crippen LogP contribution in [0.4, 0.5) is 0 Å². The lowest BCUT2D eigenvalue weighted by atomic mass is 9.89. The van der Waals surface area contributed by atoms with Crippen molar-refractivity contribution < 1.29 is 9.53 Å². The predicted octanol–water partition coefficient (Wildman–Crippen LogP) is 5.44. The van der Waals surface area contributed by atoms with Gasteiger partial charge in [-0.25, -0.2) is 4.79 Å². The average molecular weight is 280 g/mol. The third-order valence-corrected chi connectivity index (χ3v) is 3.62. The van der Waals surface area contributed by atoms with E-state index in [-0.39, 0.29) is 12.1 Å². The first-order valence-electron chi connectivity index (χ1n) is 8.17. The predicted molar refractivity (Wildman–Crippen MR) is 86.7 cm³/mol. The molecule has 0 N–H and O–H groups in total. The van der Waals surface area contributed by atoms with Gasteiger partial charge in [0.2, 0.25) is 0 Å². The Labute approximate surface area is 125 Å². The van der Waals surface area contributed by atoms with E-state index in [0.29, 0.717) is 5.92 Å². The molecule has 0 bridgehead atoms. The summed E-state index contributed by atoms with van der Waals surface area (Å²) in [6.45, 7) is 9.92. The number of hydrogen-bond acceptors (Lipinski definition) is 2. The van der Waals surface area contributed by atoms with Crippen LogP contribution in [-0.2, 0) is 9.53 Å². The summed E-state index contributed by atoms with van der Waals surface area (Å²) in [6, 6.07) is 0. The maximum Gasteiger partial charge on any atom is 0.330 e. The summed E-state index contributed by atoms with van der Waals surface area (Å²) in [4.78, 5) is 11.4. The molecular formula is C18H32O2. The number of ether oxygens (including phenoxy) is 1. The number of rotatable bonds is 12. The van der Waals surface area contributed by atoms with Crippen LogP contribution in [0.3, 0.4) is 0 Å². The first-order chi connectivity index (χ1) is 9.69. The molecule has 0 aliphatic carbocycles. The van der Waals surface area contributed by atoms with Crippen molar-refractivity contribution in [1.82, 2.24) is 0 Å². The topological polar surface area (TPSA) is 26.3 Å². The van der Waals surface area contributed by atoms with Crippen molar-refractivity contribution in [3.8, 4) is 0 Å². The molecule has 0 saturated heterocycles. The normalized spacial score (nSPS) is 14.2. The van der Waals surface area contributed by atoms with E-state index in [0.717, 1.165) is 38.5 Å². The van der Waals surface area contributed by atoms with Gasteiger partial charge < -0.3 is 4.74 Å². The minimum absolute atomic E-state index is 0.0478. The summed E-state index contributed by atoms with van der Waals surface area (Å²) in [5.74, 6) is 0.202. The Morgan fingerprint density at radius 1 is 1.15 bits per heavy atom. The third-order valence-electron chi connectivity index (χ3n) is 3.62. The van der Waals surface area contributed by atoms with Gasteiger partial charge in [-0.3, -0.25) is 0 Å². The smallest absolute Gasteiger partial charge is 0.330 e. The molecule has 116 valence electrons. The zero-order chi connectivity index (χ0) is 15.2. The molecule has 0 aromatic heterocycles. The minimum atomic E-state index is -0.288. The second-order valence-corrected chi connectivity index (χ2v) is 5.30. The van der Waals surface area contributed by atoms with Crippen LogP contribution in [-0.4, -0.2) is 12.1 Å². The second-order valence-electron chi connectivity index (χ2n) is 5.30. The molecule has 2 nitrogen and oxygen atoms in total. The van der Waals surface area contributed by atoms with Crippen molar-refractivity contribution in [2.75, 3.05) is 0 Å². The van der Waals surface area contributed by atoms with Gasteiger partial charge in [0, 0.05) is 6.08 Å². The first kappa shape index (κ1) is 18.9. The molecule has 20 heavy (non-hydrogen) atoms. The number of carbonyl (C=O) groups excluding carboxylic acids is 1. The Hall–Kier alpha value is -1.05. The highest BCUT2D eigenvalue weighted by Crippen LogP contribution is 2.24. The number of unbranched alkanes of at least 4 members (excludes halogenated alkanes) is 2. The monoisotopic (exact) mass is 280 g/mol. The third kappa shape index (κ3) is 8.95. The molecule has 0 saturated carbocycles. The van der Waals surface area contributed by atoms with Crippen molar-refractivity contribution >= 4 is 5.97 Å². The van der Waals surface area contributed by atoms with E-state index in [1.165, 1.54) is 18.9 Å². The van der Waals surface area contributed by atoms with Crippen molar-refractivity contribution in [2.24, 2.45) is 5.92 Å². The van der Waals surface area contributed by atoms with Crippen LogP contribution in [0, 0.1) is 5.92 Å². The summed E-state index contributed by atoms with van der Waals surface area (Å²) in [5, 5.41) is 0. The molecule has 2 atom stereocenters. The van der Waals surface area contributed by atoms with Crippen LogP contribution in [0.5, 0.6) is 0 Å². The standard InChI is InChI=1S/C18H32O2/c1-5-9-10-11-12-13-15-16(14-6-2)17(7-3)20-18(19)8-4/h8-10,16-17H,4-7,11-15H2,1-3H3/b10-9+. The van der Waals surface area contributed by atoms with Crippen molar-refractivity contribution in [3.05, 3.63) is 24.8 Å². The van der Waals surface area contributed by atoms with Crippen LogP contribution in [0.25, 0.3) is 0 Å². The highest BCUT2D eigenvalue weighted by atomic mass is 16.5. The average Bonchev–Trinajstić information content (AvgIpc) is 2.47. The van der Waals surface area contributed by atoms with Crippen LogP contribution >= 0.6 is 0 Å². The Balaban J connectivity index is 4.19. The quantitative estimate of drug-likeness (QED) is 0.206. The summed E-state index contributed by atoms with van der Waals surface area (Å²) < 4.78 is 5.49. The summed E-state index contributed by atoms with van der Waals surface area (Å²) in [7, 11) is 0. The van der Waals surface area contributed by atoms with Crippen LogP contribution in [0.15, 0.2) is 24.8 Å². The summed E-state index contributed by atoms with van der Waals surface area (Å²) in [5.41, 5.74) is 0. The Morgan fingerprint density at radius 3 is 2.45 bits per heavy atom. The van der Waals surface area contributed by atoms with Crippen molar-refractivity contribution in [2.45, 2.75) is 78.2 Å². The molecule has 0 aliphatic rings. The lowest BCUT2D eigenvalue weighted by Crippen LogP contribution is -2.26. The number of esters is 1. The SMILES string of the molecule is C=CC(=O)OC(CC)C(CCC)CCCC/C=C/CC. The highest BCUT2D eigenvalue weighted by Gasteiger charge is 2.21. The maximum absolute atomic E-state index is 11.4. The highest BCUT2D eigenvalue weighted by molar-refractivity contribution is 5.81.